The summed E-state index contributed by atoms with van der Waals surface area (Å²) in [5, 5.41) is 16.8. The smallest absolute Gasteiger partial charge is 0.305 e. The minimum atomic E-state index is -0.796. The fraction of sp³-hybridized carbons (Fsp3) is 0.833. The van der Waals surface area contributed by atoms with Crippen molar-refractivity contribution in [3.63, 3.8) is 0 Å². The number of cyclic esters (lactones) is 1. The number of aliphatic hydroxyl groups is 1. The van der Waals surface area contributed by atoms with E-state index in [4.69, 9.17) is 14.9 Å². The topological polar surface area (TPSA) is 83.8 Å². The number of carbonyl (C=O) groups excluding carboxylic acids is 1. The first-order valence-electron chi connectivity index (χ1n) is 6.08. The molecular weight excluding hydrogens is 224 g/mol. The van der Waals surface area contributed by atoms with Gasteiger partial charge in [-0.05, 0) is 39.0 Å². The maximum absolute atomic E-state index is 10.5. The van der Waals surface area contributed by atoms with Crippen LogP contribution in [0.25, 0.3) is 0 Å². The molecule has 5 nitrogen and oxygen atoms in total. The number of rotatable bonds is 4. The Labute approximate surface area is 102 Å². The van der Waals surface area contributed by atoms with Crippen molar-refractivity contribution in [2.24, 2.45) is 0 Å². The van der Waals surface area contributed by atoms with Crippen LogP contribution in [0.2, 0.25) is 0 Å². The molecule has 100 valence electrons. The summed E-state index contributed by atoms with van der Waals surface area (Å²) < 4.78 is 4.76. The predicted molar refractivity (Wildman–Crippen MR) is 62.6 cm³/mol. The molecule has 0 saturated carbocycles. The van der Waals surface area contributed by atoms with Gasteiger partial charge in [0.2, 0.25) is 0 Å². The highest BCUT2D eigenvalue weighted by atomic mass is 16.5. The van der Waals surface area contributed by atoms with E-state index < -0.39 is 5.97 Å². The summed E-state index contributed by atoms with van der Waals surface area (Å²) in [6.45, 7) is 2.29. The highest BCUT2D eigenvalue weighted by Gasteiger charge is 2.05. The van der Waals surface area contributed by atoms with Crippen molar-refractivity contribution in [1.82, 2.24) is 0 Å². The molecule has 17 heavy (non-hydrogen) atoms. The number of ether oxygens (including phenoxy) is 1. The average Bonchev–Trinajstić information content (AvgIpc) is 2.45. The van der Waals surface area contributed by atoms with Crippen LogP contribution >= 0.6 is 0 Å². The number of carboxylic acid groups (broad SMARTS) is 1. The Hall–Kier alpha value is -1.10. The van der Waals surface area contributed by atoms with Crippen molar-refractivity contribution in [2.75, 3.05) is 6.61 Å². The van der Waals surface area contributed by atoms with Gasteiger partial charge in [-0.15, -0.1) is 0 Å². The summed E-state index contributed by atoms with van der Waals surface area (Å²) in [7, 11) is 0. The first-order valence-corrected chi connectivity index (χ1v) is 6.08. The second-order valence-electron chi connectivity index (χ2n) is 4.17. The Balaban J connectivity index is 0.000000302. The molecule has 0 spiro atoms. The minimum absolute atomic E-state index is 0.0255. The van der Waals surface area contributed by atoms with E-state index in [2.05, 4.69) is 0 Å². The maximum Gasteiger partial charge on any atom is 0.305 e. The van der Waals surface area contributed by atoms with Gasteiger partial charge < -0.3 is 14.9 Å². The minimum Gasteiger partial charge on any atom is -0.481 e. The number of aliphatic hydroxyl groups excluding tert-OH is 1. The van der Waals surface area contributed by atoms with Gasteiger partial charge in [0.25, 0.3) is 0 Å². The third-order valence-corrected chi connectivity index (χ3v) is 2.30. The zero-order valence-electron chi connectivity index (χ0n) is 10.4. The summed E-state index contributed by atoms with van der Waals surface area (Å²) >= 11 is 0. The fourth-order valence-corrected chi connectivity index (χ4v) is 1.36. The number of esters is 1. The van der Waals surface area contributed by atoms with Crippen LogP contribution in [0.5, 0.6) is 0 Å². The molecular formula is C12H22O5. The van der Waals surface area contributed by atoms with E-state index in [-0.39, 0.29) is 18.5 Å². The molecule has 1 fully saturated rings. The molecule has 1 aliphatic rings. The van der Waals surface area contributed by atoms with Crippen molar-refractivity contribution in [2.45, 2.75) is 58.0 Å². The summed E-state index contributed by atoms with van der Waals surface area (Å²) in [5.41, 5.74) is 0. The SMILES string of the molecule is CC(O)CCCC(=O)O.O=C1CCCCCO1. The van der Waals surface area contributed by atoms with Crippen molar-refractivity contribution >= 4 is 11.9 Å². The lowest BCUT2D eigenvalue weighted by atomic mass is 10.2. The Kier molecular flexibility index (Phi) is 9.43. The van der Waals surface area contributed by atoms with Crippen LogP contribution in [-0.2, 0) is 14.3 Å². The first kappa shape index (κ1) is 15.9. The second-order valence-corrected chi connectivity index (χ2v) is 4.17. The van der Waals surface area contributed by atoms with Crippen LogP contribution in [0.1, 0.15) is 51.9 Å². The molecule has 0 amide bonds. The van der Waals surface area contributed by atoms with Gasteiger partial charge in [-0.1, -0.05) is 0 Å². The third kappa shape index (κ3) is 12.8. The van der Waals surface area contributed by atoms with Gasteiger partial charge in [0.15, 0.2) is 0 Å². The Morgan fingerprint density at radius 1 is 1.41 bits per heavy atom. The van der Waals surface area contributed by atoms with Gasteiger partial charge in [0, 0.05) is 12.8 Å². The van der Waals surface area contributed by atoms with Gasteiger partial charge in [-0.25, -0.2) is 0 Å². The number of hydrogen-bond donors (Lipinski definition) is 2. The van der Waals surface area contributed by atoms with Crippen LogP contribution in [0.15, 0.2) is 0 Å². The van der Waals surface area contributed by atoms with E-state index in [1.54, 1.807) is 6.92 Å². The van der Waals surface area contributed by atoms with Crippen LogP contribution in [0.3, 0.4) is 0 Å². The number of carboxylic acids is 1. The molecule has 5 heteroatoms. The number of carbonyl (C=O) groups is 2. The monoisotopic (exact) mass is 246 g/mol. The molecule has 0 bridgehead atoms. The molecule has 1 saturated heterocycles. The molecule has 0 aliphatic carbocycles. The molecule has 2 N–H and O–H groups in total. The highest BCUT2D eigenvalue weighted by molar-refractivity contribution is 5.69. The molecule has 0 radical (unpaired) electrons. The van der Waals surface area contributed by atoms with Crippen LogP contribution in [0, 0.1) is 0 Å². The largest absolute Gasteiger partial charge is 0.481 e. The number of aliphatic carboxylic acids is 1. The summed E-state index contributed by atoms with van der Waals surface area (Å²) in [6, 6.07) is 0. The molecule has 1 rings (SSSR count). The molecule has 1 aliphatic heterocycles. The van der Waals surface area contributed by atoms with Crippen molar-refractivity contribution in [3.05, 3.63) is 0 Å². The maximum atomic E-state index is 10.5. The summed E-state index contributed by atoms with van der Waals surface area (Å²) in [4.78, 5) is 20.4. The third-order valence-electron chi connectivity index (χ3n) is 2.30. The lowest BCUT2D eigenvalue weighted by molar-refractivity contribution is -0.142. The predicted octanol–water partition coefficient (Wildman–Crippen LogP) is 1.73. The van der Waals surface area contributed by atoms with E-state index in [0.717, 1.165) is 19.3 Å². The van der Waals surface area contributed by atoms with Gasteiger partial charge in [0.1, 0.15) is 0 Å². The van der Waals surface area contributed by atoms with Crippen LogP contribution in [-0.4, -0.2) is 34.9 Å². The molecule has 0 aromatic carbocycles. The lowest BCUT2D eigenvalue weighted by Crippen LogP contribution is -2.01. The van der Waals surface area contributed by atoms with Gasteiger partial charge in [0.05, 0.1) is 12.7 Å². The Morgan fingerprint density at radius 2 is 2.12 bits per heavy atom. The zero-order chi connectivity index (χ0) is 13.1. The summed E-state index contributed by atoms with van der Waals surface area (Å²) in [6.07, 6.45) is 4.75. The van der Waals surface area contributed by atoms with Crippen LogP contribution in [0.4, 0.5) is 0 Å². The zero-order valence-corrected chi connectivity index (χ0v) is 10.4. The number of hydrogen-bond acceptors (Lipinski definition) is 4. The van der Waals surface area contributed by atoms with E-state index in [0.29, 0.717) is 25.9 Å². The second kappa shape index (κ2) is 10.1. The van der Waals surface area contributed by atoms with Gasteiger partial charge in [-0.3, -0.25) is 9.59 Å². The van der Waals surface area contributed by atoms with Crippen molar-refractivity contribution in [3.8, 4) is 0 Å². The lowest BCUT2D eigenvalue weighted by Gasteiger charge is -1.99. The molecule has 1 unspecified atom stereocenters. The first-order chi connectivity index (χ1) is 8.02. The average molecular weight is 246 g/mol. The molecule has 0 aromatic heterocycles. The Morgan fingerprint density at radius 3 is 2.71 bits per heavy atom. The standard InChI is InChI=1S/C6H12O3.C6H10O2/c1-5(7)3-2-4-6(8)9;7-6-4-2-1-3-5-8-6/h5,7H,2-4H2,1H3,(H,8,9);1-5H2. The molecule has 1 heterocycles. The quantitative estimate of drug-likeness (QED) is 0.738. The molecule has 0 aromatic rings. The van der Waals surface area contributed by atoms with E-state index in [1.807, 2.05) is 0 Å². The highest BCUT2D eigenvalue weighted by Crippen LogP contribution is 2.06. The fourth-order valence-electron chi connectivity index (χ4n) is 1.36. The van der Waals surface area contributed by atoms with Crippen LogP contribution < -0.4 is 0 Å². The Bertz CT molecular complexity index is 215. The van der Waals surface area contributed by atoms with E-state index >= 15 is 0 Å². The van der Waals surface area contributed by atoms with E-state index in [1.165, 1.54) is 0 Å². The molecule has 1 atom stereocenters. The van der Waals surface area contributed by atoms with E-state index in [9.17, 15) is 9.59 Å². The van der Waals surface area contributed by atoms with Crippen molar-refractivity contribution < 1.29 is 24.5 Å². The van der Waals surface area contributed by atoms with Gasteiger partial charge >= 0.3 is 11.9 Å². The normalized spacial score (nSPS) is 17.2. The summed E-state index contributed by atoms with van der Waals surface area (Å²) in [5.74, 6) is -0.821. The van der Waals surface area contributed by atoms with Crippen molar-refractivity contribution in [1.29, 1.82) is 0 Å². The van der Waals surface area contributed by atoms with Gasteiger partial charge in [-0.2, -0.15) is 0 Å².